The fraction of sp³-hybridized carbons (Fsp3) is 0.417. The van der Waals surface area contributed by atoms with Gasteiger partial charge in [0.1, 0.15) is 11.4 Å². The Morgan fingerprint density at radius 3 is 2.53 bits per heavy atom. The van der Waals surface area contributed by atoms with Crippen molar-refractivity contribution in [1.29, 1.82) is 0 Å². The van der Waals surface area contributed by atoms with Crippen LogP contribution in [0.5, 0.6) is 0 Å². The van der Waals surface area contributed by atoms with E-state index in [1.807, 2.05) is 6.92 Å². The molecule has 1 aliphatic heterocycles. The third kappa shape index (κ3) is 2.82. The number of nitro groups is 1. The van der Waals surface area contributed by atoms with Crippen molar-refractivity contribution in [2.24, 2.45) is 0 Å². The summed E-state index contributed by atoms with van der Waals surface area (Å²) in [4.78, 5) is 21.8. The van der Waals surface area contributed by atoms with Gasteiger partial charge in [-0.1, -0.05) is 6.07 Å². The van der Waals surface area contributed by atoms with Crippen LogP contribution in [0.2, 0.25) is 0 Å². The monoisotopic (exact) mass is 265 g/mol. The first-order valence-corrected chi connectivity index (χ1v) is 5.82. The third-order valence-electron chi connectivity index (χ3n) is 2.81. The quantitative estimate of drug-likeness (QED) is 0.639. The molecule has 0 bridgehead atoms. The van der Waals surface area contributed by atoms with E-state index in [0.717, 1.165) is 0 Å². The number of hydrogen-bond acceptors (Lipinski definition) is 5. The zero-order valence-corrected chi connectivity index (χ0v) is 10.7. The Hall–Kier alpha value is -2.15. The van der Waals surface area contributed by atoms with Gasteiger partial charge in [-0.15, -0.1) is 0 Å². The Morgan fingerprint density at radius 2 is 2.05 bits per heavy atom. The van der Waals surface area contributed by atoms with Crippen LogP contribution in [0.4, 0.5) is 17.1 Å². The lowest BCUT2D eigenvalue weighted by atomic mass is 10.00. The molecule has 1 heterocycles. The molecule has 0 atom stereocenters. The smallest absolute Gasteiger partial charge is 0.315 e. The van der Waals surface area contributed by atoms with E-state index in [0.29, 0.717) is 18.9 Å². The summed E-state index contributed by atoms with van der Waals surface area (Å²) in [6, 6.07) is 4.78. The highest BCUT2D eigenvalue weighted by Gasteiger charge is 2.35. The number of anilines is 2. The minimum absolute atomic E-state index is 0.133. The van der Waals surface area contributed by atoms with Crippen LogP contribution < -0.4 is 10.6 Å². The molecular formula is C12H15N3O4. The van der Waals surface area contributed by atoms with Gasteiger partial charge in [-0.3, -0.25) is 14.9 Å². The molecule has 2 N–H and O–H groups in total. The number of nitrogens with one attached hydrogen (secondary N) is 2. The summed E-state index contributed by atoms with van der Waals surface area (Å²) < 4.78 is 5.10. The highest BCUT2D eigenvalue weighted by molar-refractivity contribution is 5.93. The number of nitrogens with zero attached hydrogens (tertiary/aromatic N) is 1. The lowest BCUT2D eigenvalue weighted by Gasteiger charge is -2.39. The SMILES string of the molecule is CC(=O)Nc1cccc(NC2(C)COC2)c1[N+](=O)[O-]. The minimum Gasteiger partial charge on any atom is -0.376 e. The molecule has 1 aromatic rings. The second-order valence-corrected chi connectivity index (χ2v) is 4.82. The molecule has 0 spiro atoms. The third-order valence-corrected chi connectivity index (χ3v) is 2.81. The first-order chi connectivity index (χ1) is 8.91. The van der Waals surface area contributed by atoms with Gasteiger partial charge in [-0.25, -0.2) is 0 Å². The van der Waals surface area contributed by atoms with Gasteiger partial charge in [-0.05, 0) is 19.1 Å². The molecule has 2 rings (SSSR count). The first kappa shape index (κ1) is 13.3. The molecule has 1 amide bonds. The average molecular weight is 265 g/mol. The van der Waals surface area contributed by atoms with Crippen molar-refractivity contribution in [3.05, 3.63) is 28.3 Å². The van der Waals surface area contributed by atoms with E-state index >= 15 is 0 Å². The second kappa shape index (κ2) is 4.85. The summed E-state index contributed by atoms with van der Waals surface area (Å²) >= 11 is 0. The predicted octanol–water partition coefficient (Wildman–Crippen LogP) is 1.75. The van der Waals surface area contributed by atoms with Gasteiger partial charge < -0.3 is 15.4 Å². The maximum Gasteiger partial charge on any atom is 0.315 e. The van der Waals surface area contributed by atoms with Gasteiger partial charge in [0.2, 0.25) is 5.91 Å². The van der Waals surface area contributed by atoms with Gasteiger partial charge in [0.25, 0.3) is 0 Å². The Morgan fingerprint density at radius 1 is 1.42 bits per heavy atom. The van der Waals surface area contributed by atoms with Crippen molar-refractivity contribution in [2.75, 3.05) is 23.8 Å². The van der Waals surface area contributed by atoms with Crippen LogP contribution in [-0.4, -0.2) is 29.6 Å². The molecule has 0 radical (unpaired) electrons. The zero-order chi connectivity index (χ0) is 14.0. The Kier molecular flexibility index (Phi) is 3.39. The number of rotatable bonds is 4. The van der Waals surface area contributed by atoms with Crippen LogP contribution in [0, 0.1) is 10.1 Å². The number of carbonyl (C=O) groups excluding carboxylic acids is 1. The second-order valence-electron chi connectivity index (χ2n) is 4.82. The van der Waals surface area contributed by atoms with Gasteiger partial charge >= 0.3 is 5.69 Å². The molecule has 0 aliphatic carbocycles. The Labute approximate surface area is 110 Å². The molecular weight excluding hydrogens is 250 g/mol. The van der Waals surface area contributed by atoms with E-state index in [-0.39, 0.29) is 22.8 Å². The summed E-state index contributed by atoms with van der Waals surface area (Å²) in [6.07, 6.45) is 0. The number of carbonyl (C=O) groups is 1. The lowest BCUT2D eigenvalue weighted by molar-refractivity contribution is -0.383. The van der Waals surface area contributed by atoms with E-state index in [4.69, 9.17) is 4.74 Å². The Bertz CT molecular complexity index is 526. The molecule has 7 nitrogen and oxygen atoms in total. The maximum atomic E-state index is 11.2. The highest BCUT2D eigenvalue weighted by Crippen LogP contribution is 2.35. The fourth-order valence-electron chi connectivity index (χ4n) is 1.94. The lowest BCUT2D eigenvalue weighted by Crippen LogP contribution is -2.53. The standard InChI is InChI=1S/C12H15N3O4/c1-8(16)13-9-4-3-5-10(11(9)15(17)18)14-12(2)6-19-7-12/h3-5,14H,6-7H2,1-2H3,(H,13,16). The molecule has 7 heteroatoms. The average Bonchev–Trinajstić information content (AvgIpc) is 2.25. The van der Waals surface area contributed by atoms with Crippen LogP contribution in [0.3, 0.4) is 0 Å². The van der Waals surface area contributed by atoms with Crippen LogP contribution >= 0.6 is 0 Å². The number of amides is 1. The van der Waals surface area contributed by atoms with Crippen molar-refractivity contribution >= 4 is 23.0 Å². The fourth-order valence-corrected chi connectivity index (χ4v) is 1.94. The summed E-state index contributed by atoms with van der Waals surface area (Å²) in [6.45, 7) is 4.22. The molecule has 0 saturated carbocycles. The molecule has 0 aromatic heterocycles. The van der Waals surface area contributed by atoms with Gasteiger partial charge in [0.15, 0.2) is 0 Å². The number of para-hydroxylation sites is 1. The molecule has 19 heavy (non-hydrogen) atoms. The largest absolute Gasteiger partial charge is 0.376 e. The summed E-state index contributed by atoms with van der Waals surface area (Å²) in [5.74, 6) is -0.349. The first-order valence-electron chi connectivity index (χ1n) is 5.82. The van der Waals surface area contributed by atoms with Gasteiger partial charge in [0, 0.05) is 6.92 Å². The van der Waals surface area contributed by atoms with Crippen LogP contribution in [-0.2, 0) is 9.53 Å². The van der Waals surface area contributed by atoms with E-state index in [1.165, 1.54) is 13.0 Å². The van der Waals surface area contributed by atoms with E-state index in [1.54, 1.807) is 12.1 Å². The van der Waals surface area contributed by atoms with Crippen molar-refractivity contribution in [3.8, 4) is 0 Å². The Balaban J connectivity index is 2.36. The molecule has 0 unspecified atom stereocenters. The van der Waals surface area contributed by atoms with Crippen molar-refractivity contribution in [2.45, 2.75) is 19.4 Å². The zero-order valence-electron chi connectivity index (χ0n) is 10.7. The molecule has 1 aliphatic rings. The van der Waals surface area contributed by atoms with Crippen molar-refractivity contribution in [3.63, 3.8) is 0 Å². The van der Waals surface area contributed by atoms with Gasteiger partial charge in [0.05, 0.1) is 23.7 Å². The number of ether oxygens (including phenoxy) is 1. The number of nitro benzene ring substituents is 1. The van der Waals surface area contributed by atoms with E-state index in [2.05, 4.69) is 10.6 Å². The van der Waals surface area contributed by atoms with Crippen LogP contribution in [0.15, 0.2) is 18.2 Å². The van der Waals surface area contributed by atoms with Crippen LogP contribution in [0.25, 0.3) is 0 Å². The predicted molar refractivity (Wildman–Crippen MR) is 70.2 cm³/mol. The number of benzene rings is 1. The van der Waals surface area contributed by atoms with Crippen molar-refractivity contribution in [1.82, 2.24) is 0 Å². The maximum absolute atomic E-state index is 11.2. The number of hydrogen-bond donors (Lipinski definition) is 2. The molecule has 1 aromatic carbocycles. The highest BCUT2D eigenvalue weighted by atomic mass is 16.6. The van der Waals surface area contributed by atoms with Gasteiger partial charge in [-0.2, -0.15) is 0 Å². The normalized spacial score (nSPS) is 16.3. The summed E-state index contributed by atoms with van der Waals surface area (Å²) in [5, 5.41) is 16.8. The minimum atomic E-state index is -0.503. The van der Waals surface area contributed by atoms with Crippen LogP contribution in [0.1, 0.15) is 13.8 Å². The van der Waals surface area contributed by atoms with E-state index < -0.39 is 4.92 Å². The summed E-state index contributed by atoms with van der Waals surface area (Å²) in [5.41, 5.74) is 0.124. The molecule has 1 saturated heterocycles. The molecule has 102 valence electrons. The van der Waals surface area contributed by atoms with E-state index in [9.17, 15) is 14.9 Å². The molecule has 1 fully saturated rings. The van der Waals surface area contributed by atoms with Crippen molar-refractivity contribution < 1.29 is 14.5 Å². The topological polar surface area (TPSA) is 93.5 Å². The summed E-state index contributed by atoms with van der Waals surface area (Å²) in [7, 11) is 0.